The van der Waals surface area contributed by atoms with Crippen LogP contribution in [0.2, 0.25) is 10.0 Å². The van der Waals surface area contributed by atoms with E-state index in [1.807, 2.05) is 44.2 Å². The number of nitrogens with zero attached hydrogens (tertiary/aromatic N) is 2. The fourth-order valence-corrected chi connectivity index (χ4v) is 3.69. The van der Waals surface area contributed by atoms with Gasteiger partial charge in [0.2, 0.25) is 5.75 Å². The number of rotatable bonds is 9. The summed E-state index contributed by atoms with van der Waals surface area (Å²) in [7, 11) is 0. The smallest absolute Gasteiger partial charge is 0.294 e. The van der Waals surface area contributed by atoms with Gasteiger partial charge in [0.1, 0.15) is 12.4 Å². The van der Waals surface area contributed by atoms with E-state index in [9.17, 15) is 14.7 Å². The molecule has 2 aromatic carbocycles. The number of hydrogen-bond donors (Lipinski definition) is 2. The average Bonchev–Trinajstić information content (AvgIpc) is 2.79. The third-order valence-electron chi connectivity index (χ3n) is 4.97. The first-order chi connectivity index (χ1) is 15.8. The van der Waals surface area contributed by atoms with Gasteiger partial charge in [-0.25, -0.2) is 4.98 Å². The van der Waals surface area contributed by atoms with Crippen molar-refractivity contribution >= 4 is 29.1 Å². The number of aliphatic hydroxyl groups is 1. The van der Waals surface area contributed by atoms with Gasteiger partial charge in [-0.05, 0) is 31.0 Å². The number of H-pyrrole nitrogens is 1. The molecule has 174 valence electrons. The summed E-state index contributed by atoms with van der Waals surface area (Å²) in [4.78, 5) is 34.9. The predicted octanol–water partition coefficient (Wildman–Crippen LogP) is 4.09. The zero-order valence-electron chi connectivity index (χ0n) is 18.3. The topological polar surface area (TPSA) is 95.5 Å². The van der Waals surface area contributed by atoms with Gasteiger partial charge in [-0.1, -0.05) is 65.7 Å². The van der Waals surface area contributed by atoms with E-state index in [4.69, 9.17) is 27.9 Å². The van der Waals surface area contributed by atoms with Gasteiger partial charge < -0.3 is 19.7 Å². The van der Waals surface area contributed by atoms with Crippen LogP contribution >= 0.6 is 23.2 Å². The van der Waals surface area contributed by atoms with Crippen LogP contribution in [0.25, 0.3) is 0 Å². The summed E-state index contributed by atoms with van der Waals surface area (Å²) in [5.74, 6) is -0.438. The maximum absolute atomic E-state index is 13.4. The summed E-state index contributed by atoms with van der Waals surface area (Å²) in [6, 6.07) is 14.2. The van der Waals surface area contributed by atoms with Crippen LogP contribution in [-0.2, 0) is 13.0 Å². The largest absolute Gasteiger partial charge is 0.481 e. The number of aliphatic hydroxyl groups excluding tert-OH is 1. The molecule has 0 unspecified atom stereocenters. The molecule has 1 amide bonds. The molecule has 3 aromatic rings. The van der Waals surface area contributed by atoms with Crippen molar-refractivity contribution in [1.82, 2.24) is 14.9 Å². The number of amides is 1. The first kappa shape index (κ1) is 24.8. The summed E-state index contributed by atoms with van der Waals surface area (Å²) in [5.41, 5.74) is 0.788. The highest BCUT2D eigenvalue weighted by molar-refractivity contribution is 6.42. The van der Waals surface area contributed by atoms with Crippen molar-refractivity contribution in [1.29, 1.82) is 0 Å². The van der Waals surface area contributed by atoms with Crippen molar-refractivity contribution < 1.29 is 14.6 Å². The Morgan fingerprint density at radius 2 is 1.88 bits per heavy atom. The zero-order chi connectivity index (χ0) is 24.0. The highest BCUT2D eigenvalue weighted by Gasteiger charge is 2.26. The van der Waals surface area contributed by atoms with Crippen molar-refractivity contribution in [3.63, 3.8) is 0 Å². The van der Waals surface area contributed by atoms with Gasteiger partial charge in [0.15, 0.2) is 5.69 Å². The van der Waals surface area contributed by atoms with Crippen LogP contribution in [-0.4, -0.2) is 45.1 Å². The van der Waals surface area contributed by atoms with Crippen molar-refractivity contribution in [2.24, 2.45) is 0 Å². The zero-order valence-corrected chi connectivity index (χ0v) is 19.9. The molecule has 0 aliphatic carbocycles. The first-order valence-electron chi connectivity index (χ1n) is 10.5. The van der Waals surface area contributed by atoms with Crippen LogP contribution < -0.4 is 10.3 Å². The average molecular weight is 490 g/mol. The molecule has 1 aromatic heterocycles. The molecule has 7 nitrogen and oxygen atoms in total. The second-order valence-corrected chi connectivity index (χ2v) is 8.46. The summed E-state index contributed by atoms with van der Waals surface area (Å²) < 4.78 is 5.77. The van der Waals surface area contributed by atoms with E-state index in [2.05, 4.69) is 9.97 Å². The molecule has 0 radical (unpaired) electrons. The van der Waals surface area contributed by atoms with Gasteiger partial charge in [0, 0.05) is 19.0 Å². The maximum atomic E-state index is 13.4. The molecule has 0 aliphatic heterocycles. The normalized spacial score (nSPS) is 11.0. The van der Waals surface area contributed by atoms with Crippen molar-refractivity contribution in [2.45, 2.75) is 32.9 Å². The summed E-state index contributed by atoms with van der Waals surface area (Å²) in [6.45, 7) is 3.60. The van der Waals surface area contributed by atoms with Crippen LogP contribution in [0.5, 0.6) is 5.75 Å². The van der Waals surface area contributed by atoms with Crippen LogP contribution in [0, 0.1) is 0 Å². The Hall–Kier alpha value is -2.87. The standard InChI is InChI=1S/C24H25Cl2N3O4/c1-15(2)29(11-12-30)24(32)21-22(33-14-16-7-4-3-5-8-16)23(31)28-19(27-21)13-17-9-6-10-18(25)20(17)26/h3-10,15,30H,11-14H2,1-2H3,(H,27,28,31). The monoisotopic (exact) mass is 489 g/mol. The second kappa shape index (κ2) is 11.3. The van der Waals surface area contributed by atoms with Gasteiger partial charge >= 0.3 is 0 Å². The van der Waals surface area contributed by atoms with Gasteiger partial charge in [0.05, 0.1) is 16.7 Å². The molecular weight excluding hydrogens is 465 g/mol. The lowest BCUT2D eigenvalue weighted by Crippen LogP contribution is -2.40. The molecule has 3 rings (SSSR count). The highest BCUT2D eigenvalue weighted by Crippen LogP contribution is 2.27. The molecule has 0 bridgehead atoms. The van der Waals surface area contributed by atoms with Crippen LogP contribution in [0.1, 0.15) is 41.3 Å². The maximum Gasteiger partial charge on any atom is 0.294 e. The highest BCUT2D eigenvalue weighted by atomic mass is 35.5. The molecule has 0 spiro atoms. The SMILES string of the molecule is CC(C)N(CCO)C(=O)c1nc(Cc2cccc(Cl)c2Cl)[nH]c(=O)c1OCc1ccccc1. The molecule has 0 saturated carbocycles. The fraction of sp³-hybridized carbons (Fsp3) is 0.292. The number of hydrogen-bond acceptors (Lipinski definition) is 5. The van der Waals surface area contributed by atoms with Crippen molar-refractivity contribution in [2.75, 3.05) is 13.2 Å². The molecule has 0 atom stereocenters. The Kier molecular flexibility index (Phi) is 8.49. The third kappa shape index (κ3) is 6.13. The van der Waals surface area contributed by atoms with E-state index in [0.29, 0.717) is 15.6 Å². The number of ether oxygens (including phenoxy) is 1. The van der Waals surface area contributed by atoms with Crippen LogP contribution in [0.3, 0.4) is 0 Å². The van der Waals surface area contributed by atoms with Gasteiger partial charge in [-0.3, -0.25) is 9.59 Å². The van der Waals surface area contributed by atoms with Gasteiger partial charge in [-0.2, -0.15) is 0 Å². The first-order valence-corrected chi connectivity index (χ1v) is 11.2. The fourth-order valence-electron chi connectivity index (χ4n) is 3.30. The number of benzene rings is 2. The lowest BCUT2D eigenvalue weighted by molar-refractivity contribution is 0.0653. The Morgan fingerprint density at radius 3 is 2.55 bits per heavy atom. The predicted molar refractivity (Wildman–Crippen MR) is 128 cm³/mol. The Bertz CT molecular complexity index is 1170. The number of carbonyl (C=O) groups is 1. The van der Waals surface area contributed by atoms with Gasteiger partial charge in [-0.15, -0.1) is 0 Å². The lowest BCUT2D eigenvalue weighted by Gasteiger charge is -2.26. The molecular formula is C24H25Cl2N3O4. The van der Waals surface area contributed by atoms with E-state index in [0.717, 1.165) is 5.56 Å². The van der Waals surface area contributed by atoms with Crippen molar-refractivity contribution in [3.8, 4) is 5.75 Å². The van der Waals surface area contributed by atoms with Gasteiger partial charge in [0.25, 0.3) is 11.5 Å². The van der Waals surface area contributed by atoms with Crippen LogP contribution in [0.4, 0.5) is 0 Å². The molecule has 0 aliphatic rings. The Balaban J connectivity index is 2.03. The third-order valence-corrected chi connectivity index (χ3v) is 5.83. The molecule has 0 saturated heterocycles. The van der Waals surface area contributed by atoms with E-state index in [-0.39, 0.29) is 49.5 Å². The molecule has 33 heavy (non-hydrogen) atoms. The Labute approximate surface area is 202 Å². The molecule has 1 heterocycles. The number of aromatic amines is 1. The number of aromatic nitrogens is 2. The molecule has 0 fully saturated rings. The van der Waals surface area contributed by atoms with E-state index in [1.54, 1.807) is 18.2 Å². The minimum absolute atomic E-state index is 0.0903. The van der Waals surface area contributed by atoms with E-state index >= 15 is 0 Å². The van der Waals surface area contributed by atoms with Crippen LogP contribution in [0.15, 0.2) is 53.3 Å². The van der Waals surface area contributed by atoms with E-state index in [1.165, 1.54) is 4.90 Å². The lowest BCUT2D eigenvalue weighted by atomic mass is 10.1. The molecule has 9 heteroatoms. The Morgan fingerprint density at radius 1 is 1.15 bits per heavy atom. The summed E-state index contributed by atoms with van der Waals surface area (Å²) in [5, 5.41) is 10.2. The quantitative estimate of drug-likeness (QED) is 0.471. The minimum atomic E-state index is -0.579. The number of nitrogens with one attached hydrogen (secondary N) is 1. The van der Waals surface area contributed by atoms with E-state index < -0.39 is 11.5 Å². The number of carbonyl (C=O) groups excluding carboxylic acids is 1. The summed E-state index contributed by atoms with van der Waals surface area (Å²) in [6.07, 6.45) is 0.162. The summed E-state index contributed by atoms with van der Waals surface area (Å²) >= 11 is 12.4. The van der Waals surface area contributed by atoms with Crippen molar-refractivity contribution in [3.05, 3.63) is 91.6 Å². The number of halogens is 2. The molecule has 2 N–H and O–H groups in total. The second-order valence-electron chi connectivity index (χ2n) is 7.67. The minimum Gasteiger partial charge on any atom is -0.481 e.